The lowest BCUT2D eigenvalue weighted by atomic mass is 9.92. The van der Waals surface area contributed by atoms with Gasteiger partial charge in [0.15, 0.2) is 0 Å². The summed E-state index contributed by atoms with van der Waals surface area (Å²) in [6.07, 6.45) is -4.37. The van der Waals surface area contributed by atoms with Crippen molar-refractivity contribution in [1.29, 1.82) is 0 Å². The normalized spacial score (nSPS) is 18.6. The number of alkyl halides is 3. The SMILES string of the molecule is O=C(Nc1ccc(C2(O)COC2)cc1)N1CCN(Cc2nc3ccc(C(F)(F)F)cc3s2)CC1. The minimum Gasteiger partial charge on any atom is -0.380 e. The van der Waals surface area contributed by atoms with Crippen molar-refractivity contribution in [1.82, 2.24) is 14.8 Å². The maximum absolute atomic E-state index is 12.9. The van der Waals surface area contributed by atoms with Crippen molar-refractivity contribution in [2.75, 3.05) is 44.7 Å². The van der Waals surface area contributed by atoms with Gasteiger partial charge < -0.3 is 20.1 Å². The first kappa shape index (κ1) is 23.0. The Morgan fingerprint density at radius 1 is 1.12 bits per heavy atom. The fourth-order valence-corrected chi connectivity index (χ4v) is 5.09. The molecule has 0 saturated carbocycles. The van der Waals surface area contributed by atoms with Gasteiger partial charge in [-0.25, -0.2) is 9.78 Å². The molecule has 2 aliphatic rings. The number of thiazole rings is 1. The quantitative estimate of drug-likeness (QED) is 0.578. The molecular weight excluding hydrogens is 469 g/mol. The number of urea groups is 1. The Morgan fingerprint density at radius 2 is 1.82 bits per heavy atom. The molecule has 2 aliphatic heterocycles. The van der Waals surface area contributed by atoms with Crippen molar-refractivity contribution in [3.8, 4) is 0 Å². The number of nitrogens with one attached hydrogen (secondary N) is 1. The van der Waals surface area contributed by atoms with E-state index in [1.807, 2.05) is 0 Å². The second kappa shape index (κ2) is 8.81. The predicted molar refractivity (Wildman–Crippen MR) is 122 cm³/mol. The molecule has 2 N–H and O–H groups in total. The minimum absolute atomic E-state index is 0.197. The monoisotopic (exact) mass is 492 g/mol. The van der Waals surface area contributed by atoms with Gasteiger partial charge in [-0.15, -0.1) is 11.3 Å². The van der Waals surface area contributed by atoms with E-state index in [9.17, 15) is 23.1 Å². The first-order chi connectivity index (χ1) is 16.2. The number of carbonyl (C=O) groups excluding carboxylic acids is 1. The van der Waals surface area contributed by atoms with Gasteiger partial charge in [0.1, 0.15) is 10.6 Å². The van der Waals surface area contributed by atoms with E-state index >= 15 is 0 Å². The molecule has 180 valence electrons. The Bertz CT molecular complexity index is 1190. The van der Waals surface area contributed by atoms with Crippen LogP contribution in [0, 0.1) is 0 Å². The van der Waals surface area contributed by atoms with E-state index in [2.05, 4.69) is 15.2 Å². The Labute approximate surface area is 197 Å². The van der Waals surface area contributed by atoms with Gasteiger partial charge in [0.2, 0.25) is 0 Å². The third-order valence-electron chi connectivity index (χ3n) is 6.13. The van der Waals surface area contributed by atoms with Crippen molar-refractivity contribution in [3.05, 3.63) is 58.6 Å². The van der Waals surface area contributed by atoms with Crippen LogP contribution in [0.1, 0.15) is 16.1 Å². The Kier molecular flexibility index (Phi) is 5.96. The zero-order chi connectivity index (χ0) is 23.9. The summed E-state index contributed by atoms with van der Waals surface area (Å²) in [5.74, 6) is 0. The summed E-state index contributed by atoms with van der Waals surface area (Å²) in [5, 5.41) is 13.9. The molecule has 2 amide bonds. The van der Waals surface area contributed by atoms with E-state index < -0.39 is 17.3 Å². The third-order valence-corrected chi connectivity index (χ3v) is 7.14. The molecule has 1 aromatic heterocycles. The fourth-order valence-electron chi connectivity index (χ4n) is 4.05. The number of aromatic nitrogens is 1. The molecule has 3 aromatic rings. The van der Waals surface area contributed by atoms with Gasteiger partial charge in [-0.3, -0.25) is 4.90 Å². The summed E-state index contributed by atoms with van der Waals surface area (Å²) in [7, 11) is 0. The first-order valence-corrected chi connectivity index (χ1v) is 11.7. The fraction of sp³-hybridized carbons (Fsp3) is 0.391. The van der Waals surface area contributed by atoms with E-state index in [-0.39, 0.29) is 19.2 Å². The molecule has 0 radical (unpaired) electrons. The van der Waals surface area contributed by atoms with Gasteiger partial charge in [0.25, 0.3) is 0 Å². The number of rotatable bonds is 4. The van der Waals surface area contributed by atoms with Crippen molar-refractivity contribution < 1.29 is 27.8 Å². The summed E-state index contributed by atoms with van der Waals surface area (Å²) in [6.45, 7) is 3.42. The van der Waals surface area contributed by atoms with Gasteiger partial charge >= 0.3 is 12.2 Å². The summed E-state index contributed by atoms with van der Waals surface area (Å²) in [4.78, 5) is 21.0. The van der Waals surface area contributed by atoms with Gasteiger partial charge in [-0.2, -0.15) is 13.2 Å². The average molecular weight is 493 g/mol. The van der Waals surface area contributed by atoms with E-state index in [4.69, 9.17) is 4.74 Å². The van der Waals surface area contributed by atoms with Crippen molar-refractivity contribution in [3.63, 3.8) is 0 Å². The molecule has 7 nitrogen and oxygen atoms in total. The molecule has 0 bridgehead atoms. The smallest absolute Gasteiger partial charge is 0.380 e. The van der Waals surface area contributed by atoms with Crippen LogP contribution in [-0.2, 0) is 23.1 Å². The molecule has 0 atom stereocenters. The number of fused-ring (bicyclic) bond motifs is 1. The van der Waals surface area contributed by atoms with Crippen LogP contribution >= 0.6 is 11.3 Å². The number of benzene rings is 2. The Balaban J connectivity index is 1.14. The van der Waals surface area contributed by atoms with Gasteiger partial charge in [0, 0.05) is 31.9 Å². The number of piperazine rings is 1. The van der Waals surface area contributed by atoms with E-state index in [0.29, 0.717) is 48.6 Å². The largest absolute Gasteiger partial charge is 0.416 e. The molecular formula is C23H23F3N4O3S. The Morgan fingerprint density at radius 3 is 2.44 bits per heavy atom. The number of carbonyl (C=O) groups is 1. The van der Waals surface area contributed by atoms with Crippen LogP contribution in [0.15, 0.2) is 42.5 Å². The molecule has 2 fully saturated rings. The van der Waals surface area contributed by atoms with Crippen LogP contribution < -0.4 is 5.32 Å². The zero-order valence-corrected chi connectivity index (χ0v) is 19.0. The van der Waals surface area contributed by atoms with Crippen LogP contribution in [-0.4, -0.2) is 65.3 Å². The topological polar surface area (TPSA) is 77.9 Å². The highest BCUT2D eigenvalue weighted by Gasteiger charge is 2.37. The molecule has 2 aromatic carbocycles. The van der Waals surface area contributed by atoms with Crippen LogP contribution in [0.25, 0.3) is 10.2 Å². The highest BCUT2D eigenvalue weighted by molar-refractivity contribution is 7.18. The summed E-state index contributed by atoms with van der Waals surface area (Å²) >= 11 is 1.27. The molecule has 0 aliphatic carbocycles. The first-order valence-electron chi connectivity index (χ1n) is 10.9. The maximum Gasteiger partial charge on any atom is 0.416 e. The van der Waals surface area contributed by atoms with Gasteiger partial charge in [-0.05, 0) is 35.9 Å². The van der Waals surface area contributed by atoms with E-state index in [1.165, 1.54) is 17.4 Å². The second-order valence-electron chi connectivity index (χ2n) is 8.58. The highest BCUT2D eigenvalue weighted by atomic mass is 32.1. The van der Waals surface area contributed by atoms with Gasteiger partial charge in [0.05, 0.1) is 35.5 Å². The van der Waals surface area contributed by atoms with E-state index in [1.54, 1.807) is 29.2 Å². The summed E-state index contributed by atoms with van der Waals surface area (Å²) in [6, 6.07) is 10.5. The number of aliphatic hydroxyl groups is 1. The van der Waals surface area contributed by atoms with Crippen molar-refractivity contribution >= 4 is 33.3 Å². The molecule has 5 rings (SSSR count). The summed E-state index contributed by atoms with van der Waals surface area (Å²) < 4.78 is 44.4. The zero-order valence-electron chi connectivity index (χ0n) is 18.1. The molecule has 0 unspecified atom stereocenters. The number of ether oxygens (including phenoxy) is 1. The summed E-state index contributed by atoms with van der Waals surface area (Å²) in [5.41, 5.74) is 0.358. The highest BCUT2D eigenvalue weighted by Crippen LogP contribution is 2.33. The number of nitrogens with zero attached hydrogens (tertiary/aromatic N) is 3. The number of hydrogen-bond donors (Lipinski definition) is 2. The standard InChI is InChI=1S/C23H23F3N4O3S/c24-23(25,26)16-3-6-18-19(11-16)34-20(28-18)12-29-7-9-30(10-8-29)21(31)27-17-4-1-15(2-5-17)22(32)13-33-14-22/h1-6,11,32H,7-10,12-14H2,(H,27,31). The molecule has 11 heteroatoms. The number of amides is 2. The number of hydrogen-bond acceptors (Lipinski definition) is 6. The lowest BCUT2D eigenvalue weighted by molar-refractivity contribution is -0.184. The maximum atomic E-state index is 12.9. The number of halogens is 3. The van der Waals surface area contributed by atoms with E-state index in [0.717, 1.165) is 22.7 Å². The van der Waals surface area contributed by atoms with Crippen LogP contribution in [0.5, 0.6) is 0 Å². The van der Waals surface area contributed by atoms with Crippen LogP contribution in [0.3, 0.4) is 0 Å². The lowest BCUT2D eigenvalue weighted by Gasteiger charge is -2.36. The van der Waals surface area contributed by atoms with Crippen molar-refractivity contribution in [2.24, 2.45) is 0 Å². The third kappa shape index (κ3) is 4.74. The van der Waals surface area contributed by atoms with Crippen molar-refractivity contribution in [2.45, 2.75) is 18.3 Å². The average Bonchev–Trinajstić information content (AvgIpc) is 3.19. The van der Waals surface area contributed by atoms with Crippen LogP contribution in [0.4, 0.5) is 23.7 Å². The molecule has 34 heavy (non-hydrogen) atoms. The molecule has 0 spiro atoms. The second-order valence-corrected chi connectivity index (χ2v) is 9.70. The van der Waals surface area contributed by atoms with Gasteiger partial charge in [-0.1, -0.05) is 12.1 Å². The minimum atomic E-state index is -4.37. The predicted octanol–water partition coefficient (Wildman–Crippen LogP) is 3.88. The Hall–Kier alpha value is -2.73. The van der Waals surface area contributed by atoms with Crippen LogP contribution in [0.2, 0.25) is 0 Å². The lowest BCUT2D eigenvalue weighted by Crippen LogP contribution is -2.49. The molecule has 2 saturated heterocycles. The molecule has 3 heterocycles. The number of anilines is 1.